The topological polar surface area (TPSA) is 63.6 Å². The molecular weight excluding hydrogens is 228 g/mol. The maximum absolute atomic E-state index is 11.8. The number of hydrogen-bond acceptors (Lipinski definition) is 3. The monoisotopic (exact) mass is 242 g/mol. The molecule has 0 spiro atoms. The maximum atomic E-state index is 11.8. The Hall–Kier alpha value is -1.36. The Bertz CT molecular complexity index is 389. The van der Waals surface area contributed by atoms with Crippen LogP contribution in [-0.2, 0) is 15.6 Å². The van der Waals surface area contributed by atoms with Crippen molar-refractivity contribution in [2.75, 3.05) is 12.9 Å². The number of rotatable bonds is 6. The zero-order valence-electron chi connectivity index (χ0n) is 9.01. The number of aliphatic carboxylic acids is 1. The second kappa shape index (κ2) is 6.27. The van der Waals surface area contributed by atoms with Crippen LogP contribution in [0.25, 0.3) is 0 Å². The average molecular weight is 242 g/mol. The van der Waals surface area contributed by atoms with Crippen molar-refractivity contribution >= 4 is 16.8 Å². The summed E-state index contributed by atoms with van der Waals surface area (Å²) in [5.41, 5.74) is 0. The number of methoxy groups -OCH3 is 1. The molecule has 4 nitrogen and oxygen atoms in total. The fraction of sp³-hybridized carbons (Fsp3) is 0.364. The number of benzene rings is 1. The highest BCUT2D eigenvalue weighted by molar-refractivity contribution is 7.85. The van der Waals surface area contributed by atoms with Crippen molar-refractivity contribution in [3.05, 3.63) is 24.3 Å². The lowest BCUT2D eigenvalue weighted by atomic mass is 10.3. The lowest BCUT2D eigenvalue weighted by Crippen LogP contribution is -2.03. The van der Waals surface area contributed by atoms with Crippen molar-refractivity contribution in [3.8, 4) is 5.75 Å². The molecule has 1 aromatic carbocycles. The van der Waals surface area contributed by atoms with E-state index in [-0.39, 0.29) is 6.42 Å². The van der Waals surface area contributed by atoms with Crippen LogP contribution >= 0.6 is 0 Å². The van der Waals surface area contributed by atoms with Gasteiger partial charge in [0.05, 0.1) is 22.8 Å². The minimum atomic E-state index is -1.20. The Morgan fingerprint density at radius 3 is 2.75 bits per heavy atom. The molecular formula is C11H14O4S. The molecule has 0 fully saturated rings. The van der Waals surface area contributed by atoms with E-state index in [2.05, 4.69) is 0 Å². The molecule has 88 valence electrons. The van der Waals surface area contributed by atoms with Gasteiger partial charge in [0, 0.05) is 12.2 Å². The molecule has 0 saturated carbocycles. The molecule has 1 unspecified atom stereocenters. The summed E-state index contributed by atoms with van der Waals surface area (Å²) < 4.78 is 16.9. The molecule has 0 heterocycles. The number of ether oxygens (including phenoxy) is 1. The molecule has 5 heteroatoms. The van der Waals surface area contributed by atoms with Crippen LogP contribution in [0, 0.1) is 0 Å². The molecule has 1 aromatic rings. The number of carbonyl (C=O) groups is 1. The molecule has 0 aliphatic heterocycles. The third-order valence-corrected chi connectivity index (χ3v) is 3.52. The van der Waals surface area contributed by atoms with E-state index in [1.165, 1.54) is 7.11 Å². The molecule has 1 N–H and O–H groups in total. The van der Waals surface area contributed by atoms with Crippen molar-refractivity contribution in [1.29, 1.82) is 0 Å². The van der Waals surface area contributed by atoms with Gasteiger partial charge in [-0.25, -0.2) is 0 Å². The van der Waals surface area contributed by atoms with E-state index >= 15 is 0 Å². The first kappa shape index (κ1) is 12.7. The van der Waals surface area contributed by atoms with Crippen molar-refractivity contribution in [1.82, 2.24) is 0 Å². The maximum Gasteiger partial charge on any atom is 0.303 e. The first-order valence-electron chi connectivity index (χ1n) is 4.88. The van der Waals surface area contributed by atoms with Crippen molar-refractivity contribution in [3.63, 3.8) is 0 Å². The van der Waals surface area contributed by atoms with Gasteiger partial charge in [0.1, 0.15) is 5.75 Å². The highest BCUT2D eigenvalue weighted by Gasteiger charge is 2.10. The van der Waals surface area contributed by atoms with E-state index in [1.54, 1.807) is 24.3 Å². The highest BCUT2D eigenvalue weighted by atomic mass is 32.2. The molecule has 1 atom stereocenters. The van der Waals surface area contributed by atoms with Crippen LogP contribution in [0.4, 0.5) is 0 Å². The second-order valence-corrected chi connectivity index (χ2v) is 4.74. The van der Waals surface area contributed by atoms with Crippen LogP contribution in [0.3, 0.4) is 0 Å². The Balaban J connectivity index is 2.62. The lowest BCUT2D eigenvalue weighted by molar-refractivity contribution is -0.137. The first-order valence-corrected chi connectivity index (χ1v) is 6.20. The van der Waals surface area contributed by atoms with E-state index in [1.807, 2.05) is 0 Å². The zero-order chi connectivity index (χ0) is 12.0. The average Bonchev–Trinajstić information content (AvgIpc) is 2.28. The predicted molar refractivity (Wildman–Crippen MR) is 61.1 cm³/mol. The number of hydrogen-bond donors (Lipinski definition) is 1. The van der Waals surface area contributed by atoms with Crippen LogP contribution in [0.5, 0.6) is 5.75 Å². The van der Waals surface area contributed by atoms with Crippen LogP contribution in [-0.4, -0.2) is 28.1 Å². The summed E-state index contributed by atoms with van der Waals surface area (Å²) in [6.07, 6.45) is 0.445. The SMILES string of the molecule is COc1ccccc1S(=O)CCCC(=O)O. The molecule has 0 aliphatic rings. The first-order chi connectivity index (χ1) is 7.65. The van der Waals surface area contributed by atoms with Crippen LogP contribution in [0.2, 0.25) is 0 Å². The van der Waals surface area contributed by atoms with Gasteiger partial charge in [0.15, 0.2) is 0 Å². The van der Waals surface area contributed by atoms with Gasteiger partial charge in [-0.1, -0.05) is 12.1 Å². The van der Waals surface area contributed by atoms with Gasteiger partial charge in [0.2, 0.25) is 0 Å². The van der Waals surface area contributed by atoms with Crippen LogP contribution < -0.4 is 4.74 Å². The molecule has 0 aromatic heterocycles. The predicted octanol–water partition coefficient (Wildman–Crippen LogP) is 1.67. The van der Waals surface area contributed by atoms with E-state index in [9.17, 15) is 9.00 Å². The molecule has 1 rings (SSSR count). The second-order valence-electron chi connectivity index (χ2n) is 3.20. The van der Waals surface area contributed by atoms with Crippen LogP contribution in [0.15, 0.2) is 29.2 Å². The Labute approximate surface area is 96.7 Å². The van der Waals surface area contributed by atoms with Crippen molar-refractivity contribution in [2.45, 2.75) is 17.7 Å². The Kier molecular flexibility index (Phi) is 4.98. The zero-order valence-corrected chi connectivity index (χ0v) is 9.83. The third kappa shape index (κ3) is 3.66. The smallest absolute Gasteiger partial charge is 0.303 e. The normalized spacial score (nSPS) is 12.1. The van der Waals surface area contributed by atoms with Crippen LogP contribution in [0.1, 0.15) is 12.8 Å². The summed E-state index contributed by atoms with van der Waals surface area (Å²) in [4.78, 5) is 10.9. The third-order valence-electron chi connectivity index (χ3n) is 2.03. The van der Waals surface area contributed by atoms with Crippen molar-refractivity contribution < 1.29 is 18.8 Å². The van der Waals surface area contributed by atoms with E-state index < -0.39 is 16.8 Å². The summed E-state index contributed by atoms with van der Waals surface area (Å²) in [7, 11) is 0.322. The van der Waals surface area contributed by atoms with Crippen molar-refractivity contribution in [2.24, 2.45) is 0 Å². The van der Waals surface area contributed by atoms with Gasteiger partial charge >= 0.3 is 5.97 Å². The van der Waals surface area contributed by atoms with E-state index in [0.717, 1.165) is 0 Å². The largest absolute Gasteiger partial charge is 0.495 e. The molecule has 0 radical (unpaired) electrons. The molecule has 0 amide bonds. The van der Waals surface area contributed by atoms with Gasteiger partial charge in [-0.05, 0) is 18.6 Å². The summed E-state index contributed by atoms with van der Waals surface area (Å²) in [5.74, 6) is 0.0559. The summed E-state index contributed by atoms with van der Waals surface area (Å²) in [6.45, 7) is 0. The van der Waals surface area contributed by atoms with E-state index in [0.29, 0.717) is 22.8 Å². The van der Waals surface area contributed by atoms with Gasteiger partial charge in [-0.3, -0.25) is 9.00 Å². The molecule has 0 bridgehead atoms. The minimum absolute atomic E-state index is 0.0425. The molecule has 0 aliphatic carbocycles. The van der Waals surface area contributed by atoms with Gasteiger partial charge in [-0.2, -0.15) is 0 Å². The number of para-hydroxylation sites is 1. The summed E-state index contributed by atoms with van der Waals surface area (Å²) in [5, 5.41) is 8.47. The Morgan fingerprint density at radius 1 is 1.44 bits per heavy atom. The fourth-order valence-electron chi connectivity index (χ4n) is 1.27. The Morgan fingerprint density at radius 2 is 2.12 bits per heavy atom. The van der Waals surface area contributed by atoms with Gasteiger partial charge in [-0.15, -0.1) is 0 Å². The minimum Gasteiger partial charge on any atom is -0.495 e. The molecule has 16 heavy (non-hydrogen) atoms. The van der Waals surface area contributed by atoms with Gasteiger partial charge in [0.25, 0.3) is 0 Å². The lowest BCUT2D eigenvalue weighted by Gasteiger charge is -2.07. The number of carboxylic acids is 1. The fourth-order valence-corrected chi connectivity index (χ4v) is 2.50. The van der Waals surface area contributed by atoms with E-state index in [4.69, 9.17) is 9.84 Å². The summed E-state index contributed by atoms with van der Waals surface area (Å²) >= 11 is 0. The van der Waals surface area contributed by atoms with Gasteiger partial charge < -0.3 is 9.84 Å². The quantitative estimate of drug-likeness (QED) is 0.824. The summed E-state index contributed by atoms with van der Waals surface area (Å²) in [6, 6.07) is 7.06. The molecule has 0 saturated heterocycles. The number of carboxylic acid groups (broad SMARTS) is 1. The highest BCUT2D eigenvalue weighted by Crippen LogP contribution is 2.21. The standard InChI is InChI=1S/C11H14O4S/c1-15-9-5-2-3-6-10(9)16(14)8-4-7-11(12)13/h2-3,5-6H,4,7-8H2,1H3,(H,12,13).